The summed E-state index contributed by atoms with van der Waals surface area (Å²) in [6.07, 6.45) is 1.77. The van der Waals surface area contributed by atoms with Crippen LogP contribution in [0.1, 0.15) is 5.69 Å². The van der Waals surface area contributed by atoms with E-state index in [0.717, 1.165) is 44.4 Å². The maximum atomic E-state index is 5.94. The Morgan fingerprint density at radius 3 is 1.72 bits per heavy atom. The molecule has 0 N–H and O–H groups in total. The van der Waals surface area contributed by atoms with Crippen LogP contribution < -0.4 is 0 Å². The summed E-state index contributed by atoms with van der Waals surface area (Å²) in [5.41, 5.74) is 15.9. The Morgan fingerprint density at radius 1 is 0.439 bits per heavy atom. The molecule has 0 aliphatic carbocycles. The van der Waals surface area contributed by atoms with Crippen LogP contribution in [0.4, 0.5) is 0 Å². The summed E-state index contributed by atoms with van der Waals surface area (Å²) in [4.78, 5) is 8.82. The number of aryl methyl sites for hydroxylation is 1. The Bertz CT molecular complexity index is 2850. The minimum absolute atomic E-state index is 0. The molecule has 0 amide bonds. The number of rotatable bonds is 6. The number of hydrogen-bond acceptors (Lipinski definition) is 3. The Morgan fingerprint density at radius 2 is 1.04 bits per heavy atom. The van der Waals surface area contributed by atoms with E-state index in [1.54, 1.807) is 6.20 Å². The molecule has 3 aromatic heterocycles. The second kappa shape index (κ2) is 17.0. The van der Waals surface area contributed by atoms with E-state index in [9.17, 15) is 0 Å². The van der Waals surface area contributed by atoms with Crippen molar-refractivity contribution in [1.29, 1.82) is 0 Å². The summed E-state index contributed by atoms with van der Waals surface area (Å²) in [7, 11) is 0. The van der Waals surface area contributed by atoms with E-state index >= 15 is 0 Å². The summed E-state index contributed by atoms with van der Waals surface area (Å²) < 4.78 is 5.94. The molecule has 0 saturated carbocycles. The summed E-state index contributed by atoms with van der Waals surface area (Å²) in [6, 6.07) is 74.9. The van der Waals surface area contributed by atoms with Crippen molar-refractivity contribution in [2.45, 2.75) is 6.92 Å². The molecule has 0 fully saturated rings. The molecule has 3 nitrogen and oxygen atoms in total. The predicted molar refractivity (Wildman–Crippen MR) is 230 cm³/mol. The Hall–Kier alpha value is -6.71. The molecule has 0 saturated heterocycles. The SMILES string of the molecule is Cc1ccc2c(n1)oc1c(-c3ccccn3)[c-]ccc12.[Ir+3].[c-]1ccccc1-c1[c-]ccc(-c2cccc(-c3cc(-c4ccccc4)cc(-c4ccccc4)c3)c2)c1. The van der Waals surface area contributed by atoms with Crippen LogP contribution in [0.15, 0.2) is 199 Å². The van der Waals surface area contributed by atoms with E-state index in [1.165, 1.54) is 44.5 Å². The number of fused-ring (bicyclic) bond motifs is 3. The number of aromatic nitrogens is 2. The van der Waals surface area contributed by atoms with Gasteiger partial charge in [0.15, 0.2) is 0 Å². The number of benzene rings is 7. The first-order valence-electron chi connectivity index (χ1n) is 18.6. The second-order valence-corrected chi connectivity index (χ2v) is 13.6. The number of nitrogens with zero attached hydrogens (tertiary/aromatic N) is 2. The van der Waals surface area contributed by atoms with Gasteiger partial charge in [0.1, 0.15) is 0 Å². The van der Waals surface area contributed by atoms with Gasteiger partial charge in [0.25, 0.3) is 0 Å². The van der Waals surface area contributed by atoms with E-state index in [1.807, 2.05) is 73.7 Å². The topological polar surface area (TPSA) is 38.9 Å². The first kappa shape index (κ1) is 37.2. The minimum Gasteiger partial charge on any atom is -0.486 e. The first-order valence-corrected chi connectivity index (χ1v) is 18.6. The van der Waals surface area contributed by atoms with Gasteiger partial charge in [0.2, 0.25) is 5.71 Å². The molecule has 0 atom stereocenters. The van der Waals surface area contributed by atoms with Crippen molar-refractivity contribution >= 4 is 22.1 Å². The maximum absolute atomic E-state index is 5.94. The van der Waals surface area contributed by atoms with Gasteiger partial charge in [-0.3, -0.25) is 0 Å². The van der Waals surface area contributed by atoms with Crippen LogP contribution in [0, 0.1) is 25.1 Å². The number of hydrogen-bond donors (Lipinski definition) is 0. The molecule has 0 aliphatic heterocycles. The van der Waals surface area contributed by atoms with Crippen LogP contribution in [0.3, 0.4) is 0 Å². The molecule has 3 heterocycles. The van der Waals surface area contributed by atoms with Crippen molar-refractivity contribution in [3.8, 4) is 66.9 Å². The maximum Gasteiger partial charge on any atom is 3.00 e. The molecule has 0 aliphatic rings. The van der Waals surface area contributed by atoms with Crippen molar-refractivity contribution in [3.05, 3.63) is 218 Å². The van der Waals surface area contributed by atoms with E-state index in [4.69, 9.17) is 4.42 Å². The van der Waals surface area contributed by atoms with Crippen molar-refractivity contribution in [2.24, 2.45) is 0 Å². The molecule has 57 heavy (non-hydrogen) atoms. The van der Waals surface area contributed by atoms with Crippen LogP contribution in [0.5, 0.6) is 0 Å². The van der Waals surface area contributed by atoms with Gasteiger partial charge < -0.3 is 9.40 Å². The standard InChI is InChI=1S/C36H24.C17H11N2O.Ir/c1-4-12-27(13-5-1)30-18-10-19-31(22-30)32-20-11-21-33(23-32)36-25-34(28-14-6-2-7-15-28)24-35(26-36)29-16-8-3-9-17-29;1-11-8-9-13-12-5-4-6-14(15-7-2-3-10-18-15)16(12)20-17(13)19-11;/h1-12,14-17,19-26H;2-5,7-10H,1H3;/q-2;-1;+3. The zero-order chi connectivity index (χ0) is 37.7. The molecule has 0 spiro atoms. The van der Waals surface area contributed by atoms with Crippen LogP contribution in [0.2, 0.25) is 0 Å². The van der Waals surface area contributed by atoms with E-state index < -0.39 is 0 Å². The van der Waals surface area contributed by atoms with Crippen LogP contribution in [0.25, 0.3) is 89.0 Å². The zero-order valence-corrected chi connectivity index (χ0v) is 33.5. The molecule has 0 radical (unpaired) electrons. The Labute approximate surface area is 346 Å². The third-order valence-electron chi connectivity index (χ3n) is 9.84. The largest absolute Gasteiger partial charge is 3.00 e. The molecule has 7 aromatic carbocycles. The van der Waals surface area contributed by atoms with Gasteiger partial charge in [0.05, 0.1) is 5.58 Å². The smallest absolute Gasteiger partial charge is 0.486 e. The van der Waals surface area contributed by atoms with Gasteiger partial charge >= 0.3 is 20.1 Å². The predicted octanol–water partition coefficient (Wildman–Crippen LogP) is 13.8. The Kier molecular flexibility index (Phi) is 11.1. The molecule has 10 aromatic rings. The van der Waals surface area contributed by atoms with Crippen molar-refractivity contribution in [2.75, 3.05) is 0 Å². The van der Waals surface area contributed by atoms with Crippen LogP contribution >= 0.6 is 0 Å². The fraction of sp³-hybridized carbons (Fsp3) is 0.0189. The van der Waals surface area contributed by atoms with Gasteiger partial charge in [-0.25, -0.2) is 16.1 Å². The summed E-state index contributed by atoms with van der Waals surface area (Å²) >= 11 is 0. The minimum atomic E-state index is 0. The molecule has 0 bridgehead atoms. The average molecular weight is 908 g/mol. The number of pyridine rings is 2. The fourth-order valence-corrected chi connectivity index (χ4v) is 7.05. The summed E-state index contributed by atoms with van der Waals surface area (Å²) in [5.74, 6) is 0. The monoisotopic (exact) mass is 908 g/mol. The van der Waals surface area contributed by atoms with E-state index in [-0.39, 0.29) is 20.1 Å². The average Bonchev–Trinajstić information content (AvgIpc) is 3.65. The van der Waals surface area contributed by atoms with Crippen molar-refractivity contribution in [3.63, 3.8) is 0 Å². The Balaban J connectivity index is 0.000000183. The van der Waals surface area contributed by atoms with Gasteiger partial charge in [-0.05, 0) is 94.0 Å². The molecule has 4 heteroatoms. The van der Waals surface area contributed by atoms with E-state index in [2.05, 4.69) is 149 Å². The third kappa shape index (κ3) is 8.15. The molecular weight excluding hydrogens is 873 g/mol. The third-order valence-corrected chi connectivity index (χ3v) is 9.84. The second-order valence-electron chi connectivity index (χ2n) is 13.6. The van der Waals surface area contributed by atoms with Gasteiger partial charge in [-0.15, -0.1) is 35.9 Å². The number of furan rings is 1. The van der Waals surface area contributed by atoms with Crippen molar-refractivity contribution < 1.29 is 24.5 Å². The summed E-state index contributed by atoms with van der Waals surface area (Å²) in [6.45, 7) is 1.96. The van der Waals surface area contributed by atoms with Crippen LogP contribution in [-0.4, -0.2) is 9.97 Å². The molecule has 0 unspecified atom stereocenters. The quantitative estimate of drug-likeness (QED) is 0.156. The van der Waals surface area contributed by atoms with Gasteiger partial charge in [-0.2, -0.15) is 42.5 Å². The molecule has 10 rings (SSSR count). The summed E-state index contributed by atoms with van der Waals surface area (Å²) in [5, 5.41) is 2.07. The van der Waals surface area contributed by atoms with Gasteiger partial charge in [-0.1, -0.05) is 102 Å². The molecule has 272 valence electrons. The van der Waals surface area contributed by atoms with Crippen LogP contribution in [-0.2, 0) is 20.1 Å². The normalized spacial score (nSPS) is 10.8. The van der Waals surface area contributed by atoms with Crippen molar-refractivity contribution in [1.82, 2.24) is 9.97 Å². The van der Waals surface area contributed by atoms with Gasteiger partial charge in [0, 0.05) is 17.3 Å². The fourth-order valence-electron chi connectivity index (χ4n) is 7.05. The molecular formula is C53H35IrN2O. The zero-order valence-electron chi connectivity index (χ0n) is 31.1. The first-order chi connectivity index (χ1) is 27.7. The van der Waals surface area contributed by atoms with E-state index in [0.29, 0.717) is 5.71 Å².